The summed E-state index contributed by atoms with van der Waals surface area (Å²) in [6.07, 6.45) is -0.191. The van der Waals surface area contributed by atoms with Crippen LogP contribution >= 0.6 is 23.8 Å². The lowest BCUT2D eigenvalue weighted by Gasteiger charge is -2.14. The number of aromatic nitrogens is 3. The topological polar surface area (TPSA) is 42.8 Å². The number of aryl methyl sites for hydroxylation is 1. The summed E-state index contributed by atoms with van der Waals surface area (Å²) >= 11 is 11.0. The van der Waals surface area contributed by atoms with Crippen LogP contribution in [0.15, 0.2) is 18.2 Å². The van der Waals surface area contributed by atoms with Gasteiger partial charge in [-0.3, -0.25) is 5.10 Å². The fourth-order valence-electron chi connectivity index (χ4n) is 1.67. The van der Waals surface area contributed by atoms with Crippen molar-refractivity contribution in [1.29, 1.82) is 0 Å². The van der Waals surface area contributed by atoms with Crippen LogP contribution in [0, 0.1) is 11.7 Å². The average molecular weight is 284 g/mol. The van der Waals surface area contributed by atoms with Crippen LogP contribution in [0.3, 0.4) is 0 Å². The number of nitrogens with zero attached hydrogens (tertiary/aromatic N) is 2. The minimum Gasteiger partial charge on any atom is -0.483 e. The van der Waals surface area contributed by atoms with Crippen LogP contribution in [0.4, 0.5) is 0 Å². The van der Waals surface area contributed by atoms with Crippen molar-refractivity contribution < 1.29 is 4.74 Å². The van der Waals surface area contributed by atoms with Crippen molar-refractivity contribution >= 4 is 23.8 Å². The first-order chi connectivity index (χ1) is 8.49. The Bertz CT molecular complexity index is 620. The average Bonchev–Trinajstić information content (AvgIpc) is 2.65. The molecule has 2 aromatic rings. The van der Waals surface area contributed by atoms with Crippen molar-refractivity contribution in [2.24, 2.45) is 7.05 Å². The lowest BCUT2D eigenvalue weighted by Crippen LogP contribution is -2.09. The van der Waals surface area contributed by atoms with Gasteiger partial charge in [-0.05, 0) is 49.8 Å². The number of rotatable bonds is 3. The van der Waals surface area contributed by atoms with Gasteiger partial charge in [-0.2, -0.15) is 5.10 Å². The number of aromatic amines is 1. The third-order valence-electron chi connectivity index (χ3n) is 2.72. The Labute approximate surface area is 116 Å². The molecule has 0 unspecified atom stereocenters. The van der Waals surface area contributed by atoms with Crippen molar-refractivity contribution in [3.63, 3.8) is 0 Å². The minimum atomic E-state index is -0.191. The molecule has 0 saturated carbocycles. The monoisotopic (exact) mass is 283 g/mol. The van der Waals surface area contributed by atoms with E-state index in [1.165, 1.54) is 0 Å². The van der Waals surface area contributed by atoms with Crippen molar-refractivity contribution in [3.8, 4) is 5.75 Å². The molecule has 1 atom stereocenters. The van der Waals surface area contributed by atoms with Gasteiger partial charge in [0.1, 0.15) is 5.75 Å². The maximum absolute atomic E-state index is 5.97. The molecule has 0 spiro atoms. The van der Waals surface area contributed by atoms with E-state index in [1.54, 1.807) is 4.57 Å². The van der Waals surface area contributed by atoms with E-state index < -0.39 is 0 Å². The summed E-state index contributed by atoms with van der Waals surface area (Å²) in [6.45, 7) is 3.87. The SMILES string of the molecule is Cc1cc(O[C@H](C)c2n[nH]c(=S)n2C)ccc1Cl. The third kappa shape index (κ3) is 2.57. The summed E-state index contributed by atoms with van der Waals surface area (Å²) in [5, 5.41) is 7.61. The quantitative estimate of drug-likeness (QED) is 0.876. The molecular weight excluding hydrogens is 270 g/mol. The molecule has 0 bridgehead atoms. The fraction of sp³-hybridized carbons (Fsp3) is 0.333. The van der Waals surface area contributed by atoms with E-state index in [0.29, 0.717) is 4.77 Å². The molecule has 96 valence electrons. The zero-order chi connectivity index (χ0) is 13.3. The molecule has 0 saturated heterocycles. The molecule has 0 aliphatic rings. The second kappa shape index (κ2) is 5.12. The molecule has 0 amide bonds. The number of benzene rings is 1. The van der Waals surface area contributed by atoms with E-state index in [9.17, 15) is 0 Å². The maximum atomic E-state index is 5.97. The maximum Gasteiger partial charge on any atom is 0.195 e. The normalized spacial score (nSPS) is 12.4. The summed E-state index contributed by atoms with van der Waals surface area (Å²) in [7, 11) is 1.86. The van der Waals surface area contributed by atoms with Crippen LogP contribution < -0.4 is 4.74 Å². The van der Waals surface area contributed by atoms with Gasteiger partial charge in [0.2, 0.25) is 0 Å². The highest BCUT2D eigenvalue weighted by Crippen LogP contribution is 2.25. The Kier molecular flexibility index (Phi) is 3.73. The van der Waals surface area contributed by atoms with E-state index in [-0.39, 0.29) is 6.10 Å². The highest BCUT2D eigenvalue weighted by molar-refractivity contribution is 7.71. The summed E-state index contributed by atoms with van der Waals surface area (Å²) in [5.74, 6) is 1.52. The minimum absolute atomic E-state index is 0.191. The number of H-pyrrole nitrogens is 1. The van der Waals surface area contributed by atoms with Crippen molar-refractivity contribution in [2.45, 2.75) is 20.0 Å². The Morgan fingerprint density at radius 2 is 2.22 bits per heavy atom. The van der Waals surface area contributed by atoms with Gasteiger partial charge in [0.15, 0.2) is 16.7 Å². The molecule has 0 radical (unpaired) electrons. The fourth-order valence-corrected chi connectivity index (χ4v) is 1.93. The number of halogens is 1. The largest absolute Gasteiger partial charge is 0.483 e. The van der Waals surface area contributed by atoms with Gasteiger partial charge in [-0.1, -0.05) is 11.6 Å². The smallest absolute Gasteiger partial charge is 0.195 e. The number of hydrogen-bond donors (Lipinski definition) is 1. The standard InChI is InChI=1S/C12H14ClN3OS/c1-7-6-9(4-5-10(7)13)17-8(2)11-14-15-12(18)16(11)3/h4-6,8H,1-3H3,(H,15,18)/t8-/m1/s1. The van der Waals surface area contributed by atoms with Crippen molar-refractivity contribution in [2.75, 3.05) is 0 Å². The molecule has 0 fully saturated rings. The van der Waals surface area contributed by atoms with Gasteiger partial charge in [0.25, 0.3) is 0 Å². The Balaban J connectivity index is 2.21. The molecule has 4 nitrogen and oxygen atoms in total. The van der Waals surface area contributed by atoms with E-state index in [2.05, 4.69) is 10.2 Å². The Morgan fingerprint density at radius 3 is 2.78 bits per heavy atom. The van der Waals surface area contributed by atoms with Crippen molar-refractivity contribution in [1.82, 2.24) is 14.8 Å². The highest BCUT2D eigenvalue weighted by Gasteiger charge is 2.14. The van der Waals surface area contributed by atoms with Gasteiger partial charge in [-0.15, -0.1) is 0 Å². The van der Waals surface area contributed by atoms with E-state index in [0.717, 1.165) is 22.2 Å². The third-order valence-corrected chi connectivity index (χ3v) is 3.51. The summed E-state index contributed by atoms with van der Waals surface area (Å²) < 4.78 is 8.19. The van der Waals surface area contributed by atoms with E-state index in [1.807, 2.05) is 39.1 Å². The predicted molar refractivity (Wildman–Crippen MR) is 73.6 cm³/mol. The zero-order valence-electron chi connectivity index (χ0n) is 10.4. The first-order valence-corrected chi connectivity index (χ1v) is 6.31. The van der Waals surface area contributed by atoms with Crippen LogP contribution in [0.5, 0.6) is 5.75 Å². The van der Waals surface area contributed by atoms with Gasteiger partial charge in [0.05, 0.1) is 0 Å². The van der Waals surface area contributed by atoms with Gasteiger partial charge in [-0.25, -0.2) is 0 Å². The van der Waals surface area contributed by atoms with Crippen LogP contribution in [-0.2, 0) is 7.05 Å². The van der Waals surface area contributed by atoms with Crippen LogP contribution in [-0.4, -0.2) is 14.8 Å². The number of nitrogens with one attached hydrogen (secondary N) is 1. The molecule has 0 aliphatic carbocycles. The van der Waals surface area contributed by atoms with Crippen LogP contribution in [0.1, 0.15) is 24.4 Å². The number of hydrogen-bond acceptors (Lipinski definition) is 3. The lowest BCUT2D eigenvalue weighted by molar-refractivity contribution is 0.212. The summed E-state index contributed by atoms with van der Waals surface area (Å²) in [4.78, 5) is 0. The van der Waals surface area contributed by atoms with Gasteiger partial charge >= 0.3 is 0 Å². The molecule has 6 heteroatoms. The summed E-state index contributed by atoms with van der Waals surface area (Å²) in [6, 6.07) is 5.56. The molecule has 1 N–H and O–H groups in total. The predicted octanol–water partition coefficient (Wildman–Crippen LogP) is 3.58. The lowest BCUT2D eigenvalue weighted by atomic mass is 10.2. The van der Waals surface area contributed by atoms with Gasteiger partial charge in [0, 0.05) is 12.1 Å². The number of ether oxygens (including phenoxy) is 1. The van der Waals surface area contributed by atoms with E-state index in [4.69, 9.17) is 28.6 Å². The highest BCUT2D eigenvalue weighted by atomic mass is 35.5. The van der Waals surface area contributed by atoms with Crippen LogP contribution in [0.2, 0.25) is 5.02 Å². The Morgan fingerprint density at radius 1 is 1.50 bits per heavy atom. The van der Waals surface area contributed by atoms with E-state index >= 15 is 0 Å². The molecule has 1 aromatic carbocycles. The zero-order valence-corrected chi connectivity index (χ0v) is 12.0. The van der Waals surface area contributed by atoms with Crippen LogP contribution in [0.25, 0.3) is 0 Å². The Hall–Kier alpha value is -1.33. The van der Waals surface area contributed by atoms with Crippen molar-refractivity contribution in [3.05, 3.63) is 39.4 Å². The molecule has 2 rings (SSSR count). The molecule has 1 heterocycles. The molecular formula is C12H14ClN3OS. The molecule has 0 aliphatic heterocycles. The van der Waals surface area contributed by atoms with Gasteiger partial charge < -0.3 is 9.30 Å². The second-order valence-electron chi connectivity index (χ2n) is 4.12. The first-order valence-electron chi connectivity index (χ1n) is 5.53. The molecule has 18 heavy (non-hydrogen) atoms. The first kappa shape index (κ1) is 13.1. The second-order valence-corrected chi connectivity index (χ2v) is 4.91. The summed E-state index contributed by atoms with van der Waals surface area (Å²) in [5.41, 5.74) is 0.983. The molecule has 1 aromatic heterocycles.